The summed E-state index contributed by atoms with van der Waals surface area (Å²) >= 11 is 0. The van der Waals surface area contributed by atoms with Crippen molar-refractivity contribution in [2.75, 3.05) is 0 Å². The molecule has 5 rings (SSSR count). The van der Waals surface area contributed by atoms with Gasteiger partial charge in [-0.25, -0.2) is 4.98 Å². The quantitative estimate of drug-likeness (QED) is 0.445. The second-order valence-corrected chi connectivity index (χ2v) is 6.21. The zero-order valence-electron chi connectivity index (χ0n) is 15.1. The van der Waals surface area contributed by atoms with E-state index in [1.807, 2.05) is 24.3 Å². The van der Waals surface area contributed by atoms with E-state index in [4.69, 9.17) is 9.26 Å². The van der Waals surface area contributed by atoms with Crippen molar-refractivity contribution in [2.45, 2.75) is 26.5 Å². The summed E-state index contributed by atoms with van der Waals surface area (Å²) in [5.74, 6) is 1.52. The zero-order chi connectivity index (χ0) is 18.9. The van der Waals surface area contributed by atoms with Gasteiger partial charge in [-0.05, 0) is 12.5 Å². The van der Waals surface area contributed by atoms with Crippen LogP contribution in [0, 0.1) is 0 Å². The highest BCUT2D eigenvalue weighted by Gasteiger charge is 2.18. The molecule has 0 saturated heterocycles. The first-order chi connectivity index (χ1) is 13.8. The first-order valence-corrected chi connectivity index (χ1v) is 8.89. The largest absolute Gasteiger partial charge is 0.468 e. The molecule has 140 valence electrons. The van der Waals surface area contributed by atoms with Crippen LogP contribution in [-0.4, -0.2) is 39.7 Å². The van der Waals surface area contributed by atoms with E-state index < -0.39 is 0 Å². The third kappa shape index (κ3) is 2.75. The third-order valence-electron chi connectivity index (χ3n) is 4.27. The first-order valence-electron chi connectivity index (χ1n) is 8.89. The Kier molecular flexibility index (Phi) is 3.93. The topological polar surface area (TPSA) is 109 Å². The Labute approximate surface area is 158 Å². The van der Waals surface area contributed by atoms with Crippen molar-refractivity contribution < 1.29 is 9.26 Å². The number of ether oxygens (including phenoxy) is 1. The molecule has 0 radical (unpaired) electrons. The smallest absolute Gasteiger partial charge is 0.240 e. The van der Waals surface area contributed by atoms with Crippen molar-refractivity contribution in [1.29, 1.82) is 0 Å². The molecule has 28 heavy (non-hydrogen) atoms. The number of hydrogen-bond acceptors (Lipinski definition) is 8. The van der Waals surface area contributed by atoms with Crippen LogP contribution in [0.4, 0.5) is 0 Å². The van der Waals surface area contributed by atoms with Crippen LogP contribution in [0.1, 0.15) is 19.2 Å². The Morgan fingerprint density at radius 1 is 1.07 bits per heavy atom. The molecule has 10 heteroatoms. The highest BCUT2D eigenvalue weighted by Crippen LogP contribution is 2.28. The maximum absolute atomic E-state index is 5.98. The van der Waals surface area contributed by atoms with E-state index in [1.54, 1.807) is 21.6 Å². The van der Waals surface area contributed by atoms with Crippen LogP contribution in [0.5, 0.6) is 5.88 Å². The number of fused-ring (bicyclic) bond motifs is 3. The average Bonchev–Trinajstić information content (AvgIpc) is 3.47. The maximum Gasteiger partial charge on any atom is 0.240 e. The van der Waals surface area contributed by atoms with Crippen LogP contribution < -0.4 is 4.74 Å². The number of rotatable bonds is 6. The van der Waals surface area contributed by atoms with Crippen LogP contribution in [-0.2, 0) is 13.2 Å². The summed E-state index contributed by atoms with van der Waals surface area (Å²) < 4.78 is 14.3. The Balaban J connectivity index is 1.57. The number of benzene rings is 1. The lowest BCUT2D eigenvalue weighted by atomic mass is 10.2. The highest BCUT2D eigenvalue weighted by molar-refractivity contribution is 5.96. The van der Waals surface area contributed by atoms with E-state index in [9.17, 15) is 0 Å². The van der Waals surface area contributed by atoms with Crippen molar-refractivity contribution in [3.8, 4) is 17.4 Å². The van der Waals surface area contributed by atoms with Gasteiger partial charge in [-0.2, -0.15) is 9.61 Å². The fourth-order valence-electron chi connectivity index (χ4n) is 3.02. The van der Waals surface area contributed by atoms with Crippen LogP contribution in [0.25, 0.3) is 27.9 Å². The van der Waals surface area contributed by atoms with Gasteiger partial charge in [0.2, 0.25) is 11.7 Å². The molecule has 0 spiro atoms. The van der Waals surface area contributed by atoms with Crippen LogP contribution in [0.2, 0.25) is 0 Å². The molecule has 0 bridgehead atoms. The minimum absolute atomic E-state index is 0.209. The minimum atomic E-state index is 0.209. The van der Waals surface area contributed by atoms with Gasteiger partial charge in [0.05, 0.1) is 0 Å². The molecule has 0 unspecified atom stereocenters. The van der Waals surface area contributed by atoms with Crippen molar-refractivity contribution in [3.05, 3.63) is 48.7 Å². The van der Waals surface area contributed by atoms with Crippen molar-refractivity contribution in [3.63, 3.8) is 0 Å². The summed E-state index contributed by atoms with van der Waals surface area (Å²) in [6.07, 6.45) is 4.18. The van der Waals surface area contributed by atoms with Crippen molar-refractivity contribution in [2.24, 2.45) is 0 Å². The molecule has 0 N–H and O–H groups in total. The lowest BCUT2D eigenvalue weighted by Crippen LogP contribution is -2.05. The SMILES string of the molecule is CCCn1cnc(COc2nn3c(-c4ccon4)nnc3c3ccccc23)n1. The molecule has 0 aliphatic carbocycles. The molecule has 0 fully saturated rings. The fraction of sp³-hybridized carbons (Fsp3) is 0.222. The molecule has 0 amide bonds. The van der Waals surface area contributed by atoms with E-state index in [1.165, 1.54) is 6.26 Å². The predicted molar refractivity (Wildman–Crippen MR) is 98.4 cm³/mol. The predicted octanol–water partition coefficient (Wildman–Crippen LogP) is 2.51. The minimum Gasteiger partial charge on any atom is -0.468 e. The maximum atomic E-state index is 5.98. The number of aryl methyl sites for hydroxylation is 1. The Morgan fingerprint density at radius 3 is 2.79 bits per heavy atom. The molecule has 1 aromatic carbocycles. The van der Waals surface area contributed by atoms with Crippen molar-refractivity contribution >= 4 is 16.4 Å². The second-order valence-electron chi connectivity index (χ2n) is 6.21. The Morgan fingerprint density at radius 2 is 1.96 bits per heavy atom. The molecule has 0 aliphatic heterocycles. The number of hydrogen-bond donors (Lipinski definition) is 0. The first kappa shape index (κ1) is 16.4. The van der Waals surface area contributed by atoms with E-state index in [2.05, 4.69) is 37.5 Å². The van der Waals surface area contributed by atoms with Gasteiger partial charge < -0.3 is 9.26 Å². The number of nitrogens with zero attached hydrogens (tertiary/aromatic N) is 8. The fourth-order valence-corrected chi connectivity index (χ4v) is 3.02. The monoisotopic (exact) mass is 376 g/mol. The number of aromatic nitrogens is 8. The van der Waals surface area contributed by atoms with Crippen LogP contribution in [0.15, 0.2) is 47.4 Å². The molecular formula is C18H16N8O2. The van der Waals surface area contributed by atoms with E-state index in [-0.39, 0.29) is 6.61 Å². The molecule has 10 nitrogen and oxygen atoms in total. The van der Waals surface area contributed by atoms with Crippen LogP contribution in [0.3, 0.4) is 0 Å². The summed E-state index contributed by atoms with van der Waals surface area (Å²) in [6.45, 7) is 3.12. The summed E-state index contributed by atoms with van der Waals surface area (Å²) in [7, 11) is 0. The highest BCUT2D eigenvalue weighted by atomic mass is 16.5. The average molecular weight is 376 g/mol. The van der Waals surface area contributed by atoms with Gasteiger partial charge >= 0.3 is 0 Å². The van der Waals surface area contributed by atoms with Gasteiger partial charge in [0.25, 0.3) is 0 Å². The van der Waals surface area contributed by atoms with E-state index in [0.717, 1.165) is 23.7 Å². The lowest BCUT2D eigenvalue weighted by molar-refractivity contribution is 0.283. The van der Waals surface area contributed by atoms with Gasteiger partial charge in [0, 0.05) is 23.4 Å². The van der Waals surface area contributed by atoms with Crippen molar-refractivity contribution in [1.82, 2.24) is 39.7 Å². The molecule has 4 aromatic heterocycles. The van der Waals surface area contributed by atoms with Gasteiger partial charge in [-0.3, -0.25) is 4.68 Å². The second kappa shape index (κ2) is 6.72. The zero-order valence-corrected chi connectivity index (χ0v) is 15.1. The standard InChI is InChI=1S/C18H16N8O2/c1-2-8-25-11-19-15(22-25)10-27-18-13-6-4-3-5-12(13)16-20-21-17(26(16)23-18)14-7-9-28-24-14/h3-7,9,11H,2,8,10H2,1H3. The van der Waals surface area contributed by atoms with Gasteiger partial charge in [0.1, 0.15) is 12.6 Å². The molecule has 0 atom stereocenters. The molecule has 0 aliphatic rings. The van der Waals surface area contributed by atoms with Gasteiger partial charge in [-0.1, -0.05) is 30.3 Å². The van der Waals surface area contributed by atoms with E-state index in [0.29, 0.717) is 28.9 Å². The van der Waals surface area contributed by atoms with Crippen LogP contribution >= 0.6 is 0 Å². The molecule has 0 saturated carbocycles. The molecular weight excluding hydrogens is 360 g/mol. The summed E-state index contributed by atoms with van der Waals surface area (Å²) in [5, 5.41) is 23.1. The summed E-state index contributed by atoms with van der Waals surface area (Å²) in [4.78, 5) is 4.29. The molecule has 4 heterocycles. The third-order valence-corrected chi connectivity index (χ3v) is 4.27. The lowest BCUT2D eigenvalue weighted by Gasteiger charge is -2.08. The molecule has 5 aromatic rings. The van der Waals surface area contributed by atoms with Gasteiger partial charge in [-0.15, -0.1) is 15.3 Å². The van der Waals surface area contributed by atoms with Gasteiger partial charge in [0.15, 0.2) is 23.8 Å². The summed E-state index contributed by atoms with van der Waals surface area (Å²) in [5.41, 5.74) is 1.16. The summed E-state index contributed by atoms with van der Waals surface area (Å²) in [6, 6.07) is 9.46. The Bertz CT molecular complexity index is 1240. The Hall–Kier alpha value is -3.82. The normalized spacial score (nSPS) is 11.5. The van der Waals surface area contributed by atoms with E-state index >= 15 is 0 Å².